The number of aromatic hydroxyl groups is 1. The second-order valence-corrected chi connectivity index (χ2v) is 2.76. The van der Waals surface area contributed by atoms with Crippen molar-refractivity contribution in [3.8, 4) is 17.6 Å². The predicted octanol–water partition coefficient (Wildman–Crippen LogP) is 1.23. The largest absolute Gasteiger partial charge is 0.507 e. The molecule has 0 bridgehead atoms. The molecule has 0 aliphatic heterocycles. The van der Waals surface area contributed by atoms with E-state index >= 15 is 0 Å². The van der Waals surface area contributed by atoms with E-state index in [1.54, 1.807) is 12.1 Å². The van der Waals surface area contributed by atoms with E-state index in [9.17, 15) is 9.90 Å². The van der Waals surface area contributed by atoms with Crippen LogP contribution in [0.5, 0.6) is 5.75 Å². The first-order valence-corrected chi connectivity index (χ1v) is 4.03. The average molecular weight is 190 g/mol. The number of aryl methyl sites for hydroxylation is 1. The van der Waals surface area contributed by atoms with Crippen LogP contribution in [-0.4, -0.2) is 18.2 Å². The molecule has 0 saturated carbocycles. The van der Waals surface area contributed by atoms with Gasteiger partial charge in [-0.2, -0.15) is 0 Å². The Labute approximate surface area is 82.3 Å². The van der Waals surface area contributed by atoms with Crippen molar-refractivity contribution in [3.05, 3.63) is 29.3 Å². The summed E-state index contributed by atoms with van der Waals surface area (Å²) in [4.78, 5) is 10.7. The first-order chi connectivity index (χ1) is 6.63. The van der Waals surface area contributed by atoms with Crippen molar-refractivity contribution in [1.82, 2.24) is 0 Å². The number of esters is 1. The zero-order valence-corrected chi connectivity index (χ0v) is 8.00. The van der Waals surface area contributed by atoms with E-state index in [2.05, 4.69) is 16.6 Å². The van der Waals surface area contributed by atoms with Gasteiger partial charge in [0, 0.05) is 5.92 Å². The fraction of sp³-hybridized carbons (Fsp3) is 0.182. The number of carbonyl (C=O) groups is 1. The lowest BCUT2D eigenvalue weighted by atomic mass is 10.1. The van der Waals surface area contributed by atoms with E-state index < -0.39 is 5.97 Å². The molecule has 72 valence electrons. The van der Waals surface area contributed by atoms with Crippen molar-refractivity contribution in [2.45, 2.75) is 6.92 Å². The van der Waals surface area contributed by atoms with Crippen molar-refractivity contribution >= 4 is 5.97 Å². The molecule has 0 aliphatic rings. The highest BCUT2D eigenvalue weighted by Crippen LogP contribution is 2.16. The summed E-state index contributed by atoms with van der Waals surface area (Å²) in [7, 11) is 1.26. The fourth-order valence-electron chi connectivity index (χ4n) is 0.919. The van der Waals surface area contributed by atoms with Crippen molar-refractivity contribution in [3.63, 3.8) is 0 Å². The molecular weight excluding hydrogens is 180 g/mol. The van der Waals surface area contributed by atoms with E-state index in [1.807, 2.05) is 6.92 Å². The van der Waals surface area contributed by atoms with Crippen LogP contribution in [0.3, 0.4) is 0 Å². The molecule has 0 radical (unpaired) electrons. The smallest absolute Gasteiger partial charge is 0.384 e. The van der Waals surface area contributed by atoms with Crippen LogP contribution in [0.4, 0.5) is 0 Å². The van der Waals surface area contributed by atoms with Crippen molar-refractivity contribution in [1.29, 1.82) is 0 Å². The summed E-state index contributed by atoms with van der Waals surface area (Å²) in [6, 6.07) is 5.00. The zero-order chi connectivity index (χ0) is 10.6. The van der Waals surface area contributed by atoms with E-state index in [0.29, 0.717) is 5.56 Å². The van der Waals surface area contributed by atoms with E-state index in [1.165, 1.54) is 13.2 Å². The summed E-state index contributed by atoms with van der Waals surface area (Å²) < 4.78 is 4.35. The molecular formula is C11H10O3. The highest BCUT2D eigenvalue weighted by atomic mass is 16.5. The standard InChI is InChI=1S/C11H10O3/c1-8-3-5-10(12)9(7-8)4-6-11(13)14-2/h3,5,7,12H,1-2H3. The lowest BCUT2D eigenvalue weighted by Gasteiger charge is -1.97. The zero-order valence-electron chi connectivity index (χ0n) is 8.00. The summed E-state index contributed by atoms with van der Waals surface area (Å²) in [5.74, 6) is 4.22. The Morgan fingerprint density at radius 1 is 1.50 bits per heavy atom. The molecule has 0 saturated heterocycles. The van der Waals surface area contributed by atoms with Gasteiger partial charge in [0.25, 0.3) is 0 Å². The lowest BCUT2D eigenvalue weighted by molar-refractivity contribution is -0.133. The summed E-state index contributed by atoms with van der Waals surface area (Å²) in [6.07, 6.45) is 0. The SMILES string of the molecule is COC(=O)C#Cc1cc(C)ccc1O. The molecule has 0 amide bonds. The molecule has 0 unspecified atom stereocenters. The van der Waals surface area contributed by atoms with Crippen LogP contribution < -0.4 is 0 Å². The minimum atomic E-state index is -0.620. The van der Waals surface area contributed by atoms with Crippen LogP contribution in [0.1, 0.15) is 11.1 Å². The summed E-state index contributed by atoms with van der Waals surface area (Å²) in [6.45, 7) is 1.88. The van der Waals surface area contributed by atoms with Crippen LogP contribution in [0.2, 0.25) is 0 Å². The minimum Gasteiger partial charge on any atom is -0.507 e. The van der Waals surface area contributed by atoms with Crippen molar-refractivity contribution < 1.29 is 14.6 Å². The molecule has 3 nitrogen and oxygen atoms in total. The van der Waals surface area contributed by atoms with Gasteiger partial charge in [0.05, 0.1) is 12.7 Å². The van der Waals surface area contributed by atoms with Crippen molar-refractivity contribution in [2.24, 2.45) is 0 Å². The molecule has 14 heavy (non-hydrogen) atoms. The number of hydrogen-bond acceptors (Lipinski definition) is 3. The maximum absolute atomic E-state index is 10.7. The third kappa shape index (κ3) is 2.53. The number of hydrogen-bond donors (Lipinski definition) is 1. The minimum absolute atomic E-state index is 0.0620. The fourth-order valence-corrected chi connectivity index (χ4v) is 0.919. The summed E-state index contributed by atoms with van der Waals surface area (Å²) in [5.41, 5.74) is 1.40. The van der Waals surface area contributed by atoms with Gasteiger partial charge in [0.15, 0.2) is 0 Å². The molecule has 0 heterocycles. The Morgan fingerprint density at radius 2 is 2.21 bits per heavy atom. The number of benzene rings is 1. The Morgan fingerprint density at radius 3 is 2.86 bits per heavy atom. The van der Waals surface area contributed by atoms with E-state index in [-0.39, 0.29) is 5.75 Å². The molecule has 1 rings (SSSR count). The molecule has 0 spiro atoms. The Hall–Kier alpha value is -1.95. The monoisotopic (exact) mass is 190 g/mol. The molecule has 0 fully saturated rings. The Bertz CT molecular complexity index is 410. The second kappa shape index (κ2) is 4.33. The van der Waals surface area contributed by atoms with Gasteiger partial charge in [-0.1, -0.05) is 12.0 Å². The molecule has 1 N–H and O–H groups in total. The topological polar surface area (TPSA) is 46.5 Å². The number of phenolic OH excluding ortho intramolecular Hbond substituents is 1. The highest BCUT2D eigenvalue weighted by Gasteiger charge is 1.97. The Kier molecular flexibility index (Phi) is 3.14. The maximum Gasteiger partial charge on any atom is 0.384 e. The normalized spacial score (nSPS) is 8.71. The number of carbonyl (C=O) groups excluding carboxylic acids is 1. The number of methoxy groups -OCH3 is 1. The molecule has 1 aromatic carbocycles. The number of ether oxygens (including phenoxy) is 1. The number of phenols is 1. The van der Waals surface area contributed by atoms with Crippen LogP contribution in [-0.2, 0) is 9.53 Å². The quantitative estimate of drug-likeness (QED) is 0.494. The molecule has 0 aromatic heterocycles. The predicted molar refractivity (Wildman–Crippen MR) is 51.7 cm³/mol. The van der Waals surface area contributed by atoms with E-state index in [0.717, 1.165) is 5.56 Å². The third-order valence-corrected chi connectivity index (χ3v) is 1.64. The highest BCUT2D eigenvalue weighted by molar-refractivity contribution is 5.89. The van der Waals surface area contributed by atoms with Crippen LogP contribution in [0.25, 0.3) is 0 Å². The summed E-state index contributed by atoms with van der Waals surface area (Å²) in [5, 5.41) is 9.37. The van der Waals surface area contributed by atoms with Gasteiger partial charge in [0.1, 0.15) is 5.75 Å². The van der Waals surface area contributed by atoms with Gasteiger partial charge in [0.2, 0.25) is 0 Å². The Balaban J connectivity index is 3.00. The van der Waals surface area contributed by atoms with Gasteiger partial charge in [-0.25, -0.2) is 4.79 Å². The molecule has 3 heteroatoms. The van der Waals surface area contributed by atoms with E-state index in [4.69, 9.17) is 0 Å². The van der Waals surface area contributed by atoms with Gasteiger partial charge >= 0.3 is 5.97 Å². The second-order valence-electron chi connectivity index (χ2n) is 2.76. The summed E-state index contributed by atoms with van der Waals surface area (Å²) >= 11 is 0. The molecule has 0 atom stereocenters. The van der Waals surface area contributed by atoms with Gasteiger partial charge < -0.3 is 9.84 Å². The molecule has 0 aliphatic carbocycles. The third-order valence-electron chi connectivity index (χ3n) is 1.64. The van der Waals surface area contributed by atoms with Crippen LogP contribution in [0, 0.1) is 18.8 Å². The molecule has 1 aromatic rings. The van der Waals surface area contributed by atoms with Crippen LogP contribution >= 0.6 is 0 Å². The van der Waals surface area contributed by atoms with Crippen LogP contribution in [0.15, 0.2) is 18.2 Å². The number of rotatable bonds is 0. The van der Waals surface area contributed by atoms with Gasteiger partial charge in [-0.15, -0.1) is 0 Å². The lowest BCUT2D eigenvalue weighted by Crippen LogP contribution is -1.94. The first kappa shape index (κ1) is 10.1. The average Bonchev–Trinajstić information content (AvgIpc) is 2.19. The van der Waals surface area contributed by atoms with Gasteiger partial charge in [-0.3, -0.25) is 0 Å². The van der Waals surface area contributed by atoms with Gasteiger partial charge in [-0.05, 0) is 24.6 Å². The van der Waals surface area contributed by atoms with Crippen molar-refractivity contribution in [2.75, 3.05) is 7.11 Å². The maximum atomic E-state index is 10.7. The first-order valence-electron chi connectivity index (χ1n) is 4.03.